The number of carbonyl (C=O) groups is 2. The molecular formula is C11H21NO3S. The van der Waals surface area contributed by atoms with Crippen LogP contribution in [0, 0.1) is 5.92 Å². The molecule has 4 nitrogen and oxygen atoms in total. The van der Waals surface area contributed by atoms with Gasteiger partial charge < -0.3 is 10.1 Å². The van der Waals surface area contributed by atoms with Crippen LogP contribution in [-0.2, 0) is 14.3 Å². The maximum Gasteiger partial charge on any atom is 0.309 e. The minimum absolute atomic E-state index is 0.0245. The summed E-state index contributed by atoms with van der Waals surface area (Å²) in [7, 11) is 1.37. The Labute approximate surface area is 101 Å². The van der Waals surface area contributed by atoms with Crippen LogP contribution in [0.1, 0.15) is 27.2 Å². The summed E-state index contributed by atoms with van der Waals surface area (Å²) < 4.78 is 4.60. The summed E-state index contributed by atoms with van der Waals surface area (Å²) in [4.78, 5) is 22.5. The maximum atomic E-state index is 11.4. The fraction of sp³-hybridized carbons (Fsp3) is 0.818. The van der Waals surface area contributed by atoms with Crippen molar-refractivity contribution in [1.82, 2.24) is 5.32 Å². The zero-order valence-electron chi connectivity index (χ0n) is 10.4. The van der Waals surface area contributed by atoms with E-state index in [1.165, 1.54) is 18.9 Å². The Morgan fingerprint density at radius 2 is 2.00 bits per heavy atom. The molecule has 0 fully saturated rings. The number of thioether (sulfide) groups is 1. The van der Waals surface area contributed by atoms with Crippen molar-refractivity contribution in [1.29, 1.82) is 0 Å². The average Bonchev–Trinajstić information content (AvgIpc) is 2.27. The highest BCUT2D eigenvalue weighted by Crippen LogP contribution is 2.09. The Morgan fingerprint density at radius 1 is 1.38 bits per heavy atom. The van der Waals surface area contributed by atoms with Crippen LogP contribution < -0.4 is 5.32 Å². The van der Waals surface area contributed by atoms with E-state index in [9.17, 15) is 9.59 Å². The lowest BCUT2D eigenvalue weighted by atomic mass is 10.2. The summed E-state index contributed by atoms with van der Waals surface area (Å²) in [5.74, 6) is 0.643. The molecule has 0 heterocycles. The summed E-state index contributed by atoms with van der Waals surface area (Å²) in [5, 5.41) is 2.87. The molecule has 0 rings (SSSR count). The van der Waals surface area contributed by atoms with Gasteiger partial charge in [-0.3, -0.25) is 9.59 Å². The molecule has 0 aromatic rings. The van der Waals surface area contributed by atoms with Crippen LogP contribution in [0.15, 0.2) is 0 Å². The number of amides is 1. The first-order valence-electron chi connectivity index (χ1n) is 5.46. The predicted molar refractivity (Wildman–Crippen MR) is 66.4 cm³/mol. The van der Waals surface area contributed by atoms with Crippen LogP contribution in [0.25, 0.3) is 0 Å². The molecule has 0 saturated heterocycles. The topological polar surface area (TPSA) is 55.4 Å². The third-order valence-corrected chi connectivity index (χ3v) is 3.43. The minimum Gasteiger partial charge on any atom is -0.469 e. The van der Waals surface area contributed by atoms with E-state index in [-0.39, 0.29) is 23.8 Å². The Morgan fingerprint density at radius 3 is 2.50 bits per heavy atom. The largest absolute Gasteiger partial charge is 0.469 e. The van der Waals surface area contributed by atoms with Crippen LogP contribution in [0.3, 0.4) is 0 Å². The van der Waals surface area contributed by atoms with Crippen molar-refractivity contribution < 1.29 is 14.3 Å². The van der Waals surface area contributed by atoms with E-state index in [4.69, 9.17) is 0 Å². The van der Waals surface area contributed by atoms with Crippen molar-refractivity contribution >= 4 is 23.6 Å². The van der Waals surface area contributed by atoms with Gasteiger partial charge in [0.25, 0.3) is 0 Å². The highest BCUT2D eigenvalue weighted by atomic mass is 32.2. The first-order chi connectivity index (χ1) is 7.51. The average molecular weight is 247 g/mol. The van der Waals surface area contributed by atoms with E-state index >= 15 is 0 Å². The van der Waals surface area contributed by atoms with E-state index in [1.54, 1.807) is 6.92 Å². The lowest BCUT2D eigenvalue weighted by Gasteiger charge is -2.12. The van der Waals surface area contributed by atoms with Gasteiger partial charge in [-0.2, -0.15) is 11.8 Å². The zero-order chi connectivity index (χ0) is 12.6. The lowest BCUT2D eigenvalue weighted by Crippen LogP contribution is -2.33. The highest BCUT2D eigenvalue weighted by molar-refractivity contribution is 7.99. The molecule has 0 aliphatic carbocycles. The molecule has 2 atom stereocenters. The molecule has 0 saturated carbocycles. The van der Waals surface area contributed by atoms with E-state index in [0.29, 0.717) is 11.5 Å². The van der Waals surface area contributed by atoms with Crippen molar-refractivity contribution in [2.75, 3.05) is 18.6 Å². The summed E-state index contributed by atoms with van der Waals surface area (Å²) >= 11 is 1.45. The summed E-state index contributed by atoms with van der Waals surface area (Å²) in [6.45, 7) is 5.79. The summed E-state index contributed by atoms with van der Waals surface area (Å²) in [6.07, 6.45) is 0.926. The smallest absolute Gasteiger partial charge is 0.309 e. The zero-order valence-corrected chi connectivity index (χ0v) is 11.2. The number of carbonyl (C=O) groups excluding carboxylic acids is 2. The Kier molecular flexibility index (Phi) is 8.07. The Bertz CT molecular complexity index is 233. The van der Waals surface area contributed by atoms with Crippen LogP contribution in [0.5, 0.6) is 0 Å². The number of hydrogen-bond donors (Lipinski definition) is 1. The monoisotopic (exact) mass is 247 g/mol. The second-order valence-electron chi connectivity index (χ2n) is 3.82. The first-order valence-corrected chi connectivity index (χ1v) is 6.61. The van der Waals surface area contributed by atoms with E-state index < -0.39 is 0 Å². The van der Waals surface area contributed by atoms with E-state index in [2.05, 4.69) is 10.1 Å². The quantitative estimate of drug-likeness (QED) is 0.692. The normalized spacial score (nSPS) is 14.0. The van der Waals surface area contributed by atoms with Crippen molar-refractivity contribution in [3.63, 3.8) is 0 Å². The predicted octanol–water partition coefficient (Wildman–Crippen LogP) is 1.44. The Hall–Kier alpha value is -0.710. The van der Waals surface area contributed by atoms with Gasteiger partial charge in [-0.25, -0.2) is 0 Å². The molecule has 0 aliphatic rings. The summed E-state index contributed by atoms with van der Waals surface area (Å²) in [6, 6.07) is 0.214. The van der Waals surface area contributed by atoms with Gasteiger partial charge in [0.05, 0.1) is 18.8 Å². The van der Waals surface area contributed by atoms with Gasteiger partial charge in [-0.1, -0.05) is 13.8 Å². The molecule has 94 valence electrons. The lowest BCUT2D eigenvalue weighted by molar-refractivity contribution is -0.144. The SMILES string of the molecule is CCC(C)NC(=O)CSCC(C)C(=O)OC. The van der Waals surface area contributed by atoms with Crippen LogP contribution in [0.2, 0.25) is 0 Å². The summed E-state index contributed by atoms with van der Waals surface area (Å²) in [5.41, 5.74) is 0. The molecule has 2 unspecified atom stereocenters. The molecule has 1 amide bonds. The van der Waals surface area contributed by atoms with Crippen molar-refractivity contribution in [2.24, 2.45) is 5.92 Å². The fourth-order valence-electron chi connectivity index (χ4n) is 1.02. The van der Waals surface area contributed by atoms with Crippen molar-refractivity contribution in [3.05, 3.63) is 0 Å². The Balaban J connectivity index is 3.65. The molecule has 5 heteroatoms. The number of nitrogens with one attached hydrogen (secondary N) is 1. The molecule has 0 spiro atoms. The molecule has 0 aromatic heterocycles. The van der Waals surface area contributed by atoms with Gasteiger partial charge in [-0.05, 0) is 13.3 Å². The molecular weight excluding hydrogens is 226 g/mol. The number of esters is 1. The van der Waals surface area contributed by atoms with Gasteiger partial charge >= 0.3 is 5.97 Å². The molecule has 0 aromatic carbocycles. The molecule has 1 N–H and O–H groups in total. The van der Waals surface area contributed by atoms with Crippen LogP contribution in [0.4, 0.5) is 0 Å². The van der Waals surface area contributed by atoms with Crippen LogP contribution >= 0.6 is 11.8 Å². The van der Waals surface area contributed by atoms with Gasteiger partial charge in [0.15, 0.2) is 0 Å². The van der Waals surface area contributed by atoms with Crippen molar-refractivity contribution in [2.45, 2.75) is 33.2 Å². The van der Waals surface area contributed by atoms with E-state index in [1.807, 2.05) is 13.8 Å². The second-order valence-corrected chi connectivity index (χ2v) is 4.85. The second kappa shape index (κ2) is 8.44. The van der Waals surface area contributed by atoms with Crippen LogP contribution in [-0.4, -0.2) is 36.5 Å². The van der Waals surface area contributed by atoms with Gasteiger partial charge in [-0.15, -0.1) is 0 Å². The number of methoxy groups -OCH3 is 1. The number of ether oxygens (including phenoxy) is 1. The van der Waals surface area contributed by atoms with Crippen molar-refractivity contribution in [3.8, 4) is 0 Å². The van der Waals surface area contributed by atoms with E-state index in [0.717, 1.165) is 6.42 Å². The molecule has 0 bridgehead atoms. The highest BCUT2D eigenvalue weighted by Gasteiger charge is 2.14. The van der Waals surface area contributed by atoms with Gasteiger partial charge in [0, 0.05) is 11.8 Å². The third-order valence-electron chi connectivity index (χ3n) is 2.22. The standard InChI is InChI=1S/C11H21NO3S/c1-5-9(3)12-10(13)7-16-6-8(2)11(14)15-4/h8-9H,5-7H2,1-4H3,(H,12,13). The van der Waals surface area contributed by atoms with Gasteiger partial charge in [0.1, 0.15) is 0 Å². The fourth-order valence-corrected chi connectivity index (χ4v) is 1.89. The maximum absolute atomic E-state index is 11.4. The number of hydrogen-bond acceptors (Lipinski definition) is 4. The molecule has 0 radical (unpaired) electrons. The third kappa shape index (κ3) is 6.71. The molecule has 16 heavy (non-hydrogen) atoms. The molecule has 0 aliphatic heterocycles. The van der Waals surface area contributed by atoms with Gasteiger partial charge in [0.2, 0.25) is 5.91 Å². The minimum atomic E-state index is -0.227. The number of rotatable bonds is 7. The first kappa shape index (κ1) is 15.3.